The van der Waals surface area contributed by atoms with Gasteiger partial charge in [0.15, 0.2) is 0 Å². The second-order valence-corrected chi connectivity index (χ2v) is 0.856. The summed E-state index contributed by atoms with van der Waals surface area (Å²) < 4.78 is 0. The first kappa shape index (κ1) is 4.78. The highest BCUT2D eigenvalue weighted by Gasteiger charge is 1.74. The van der Waals surface area contributed by atoms with Gasteiger partial charge >= 0.3 is 0 Å². The fourth-order valence-corrected chi connectivity index (χ4v) is 0. The van der Waals surface area contributed by atoms with E-state index >= 15 is 0 Å². The van der Waals surface area contributed by atoms with Gasteiger partial charge in [0.2, 0.25) is 0 Å². The second-order valence-electron chi connectivity index (χ2n) is 0.449. The lowest BCUT2D eigenvalue weighted by atomic mass is 11.4. The van der Waals surface area contributed by atoms with Crippen molar-refractivity contribution in [2.24, 2.45) is 5.84 Å². The molecule has 0 unspecified atom stereocenters. The summed E-state index contributed by atoms with van der Waals surface area (Å²) in [5.74, 6) is 4.50. The zero-order valence-electron chi connectivity index (χ0n) is 2.43. The quantitative estimate of drug-likeness (QED) is 0.163. The van der Waals surface area contributed by atoms with Gasteiger partial charge in [-0.2, -0.15) is 0 Å². The summed E-state index contributed by atoms with van der Waals surface area (Å²) in [4.78, 5) is 9.44. The summed E-state index contributed by atoms with van der Waals surface area (Å²) in [7, 11) is 0. The highest BCUT2D eigenvalue weighted by molar-refractivity contribution is 7.96. The van der Waals surface area contributed by atoms with E-state index < -0.39 is 5.24 Å². The molecule has 0 fully saturated rings. The third kappa shape index (κ3) is 3.78. The number of nitrogens with two attached hydrogens (primary N) is 1. The monoisotopic (exact) mass is 92.0 g/mol. The molecule has 5 heavy (non-hydrogen) atoms. The molecule has 0 aliphatic rings. The van der Waals surface area contributed by atoms with Gasteiger partial charge in [0.25, 0.3) is 5.24 Å². The molecule has 0 saturated heterocycles. The Morgan fingerprint density at radius 3 is 2.20 bits per heavy atom. The fourth-order valence-electron chi connectivity index (χ4n) is 0. The molecule has 4 heteroatoms. The third-order valence-corrected chi connectivity index (χ3v) is 0.253. The summed E-state index contributed by atoms with van der Waals surface area (Å²) in [6.07, 6.45) is 0. The van der Waals surface area contributed by atoms with E-state index in [1.807, 2.05) is 0 Å². The van der Waals surface area contributed by atoms with Crippen molar-refractivity contribution in [1.29, 1.82) is 0 Å². The molecular formula is CH4N2OS. The van der Waals surface area contributed by atoms with Gasteiger partial charge in [-0.25, -0.2) is 5.84 Å². The first-order valence-electron chi connectivity index (χ1n) is 0.966. The number of nitrogens with one attached hydrogen (secondary N) is 1. The van der Waals surface area contributed by atoms with E-state index in [9.17, 15) is 4.79 Å². The van der Waals surface area contributed by atoms with Crippen LogP contribution in [0.25, 0.3) is 0 Å². The number of thiol groups is 1. The minimum absolute atomic E-state index is 0.523. The van der Waals surface area contributed by atoms with Crippen molar-refractivity contribution >= 4 is 17.9 Å². The van der Waals surface area contributed by atoms with Gasteiger partial charge in [-0.15, -0.1) is 0 Å². The molecule has 0 bridgehead atoms. The predicted octanol–water partition coefficient (Wildman–Crippen LogP) is -0.500. The highest BCUT2D eigenvalue weighted by Crippen LogP contribution is 1.65. The van der Waals surface area contributed by atoms with Crippen LogP contribution in [0.2, 0.25) is 0 Å². The molecule has 0 radical (unpaired) electrons. The predicted molar refractivity (Wildman–Crippen MR) is 21.7 cm³/mol. The smallest absolute Gasteiger partial charge is 0.285 e. The molecule has 0 atom stereocenters. The van der Waals surface area contributed by atoms with Gasteiger partial charge in [-0.1, -0.05) is 12.6 Å². The molecule has 0 aliphatic heterocycles. The van der Waals surface area contributed by atoms with Crippen LogP contribution in [0.15, 0.2) is 0 Å². The average molecular weight is 92.1 g/mol. The standard InChI is InChI=1S/CH4N2OS/c2-3-1(4)5/h2H2,(H2,3,4,5). The summed E-state index contributed by atoms with van der Waals surface area (Å²) in [6, 6.07) is 0. The lowest BCUT2D eigenvalue weighted by Gasteiger charge is -1.79. The van der Waals surface area contributed by atoms with Crippen LogP contribution >= 0.6 is 12.6 Å². The molecule has 0 aromatic heterocycles. The topological polar surface area (TPSA) is 55.1 Å². The van der Waals surface area contributed by atoms with E-state index in [1.54, 1.807) is 5.43 Å². The van der Waals surface area contributed by atoms with E-state index in [0.29, 0.717) is 0 Å². The molecule has 30 valence electrons. The van der Waals surface area contributed by atoms with Crippen molar-refractivity contribution < 1.29 is 4.79 Å². The van der Waals surface area contributed by atoms with Crippen molar-refractivity contribution in [1.82, 2.24) is 5.43 Å². The van der Waals surface area contributed by atoms with E-state index in [4.69, 9.17) is 0 Å². The first-order valence-corrected chi connectivity index (χ1v) is 1.41. The molecule has 3 nitrogen and oxygen atoms in total. The second kappa shape index (κ2) is 2.04. The molecule has 3 N–H and O–H groups in total. The van der Waals surface area contributed by atoms with Crippen LogP contribution in [-0.4, -0.2) is 5.24 Å². The fraction of sp³-hybridized carbons (Fsp3) is 0. The van der Waals surface area contributed by atoms with E-state index in [2.05, 4.69) is 18.5 Å². The van der Waals surface area contributed by atoms with Crippen LogP contribution in [0.5, 0.6) is 0 Å². The lowest BCUT2D eigenvalue weighted by molar-refractivity contribution is 0.261. The third-order valence-electron chi connectivity index (χ3n) is 0.123. The maximum atomic E-state index is 9.44. The Morgan fingerprint density at radius 1 is 2.00 bits per heavy atom. The minimum atomic E-state index is -0.523. The average Bonchev–Trinajstić information content (AvgIpc) is 1.38. The maximum Gasteiger partial charge on any atom is 0.289 e. The molecular weight excluding hydrogens is 88.1 g/mol. The van der Waals surface area contributed by atoms with Crippen LogP contribution in [0, 0.1) is 0 Å². The van der Waals surface area contributed by atoms with Crippen LogP contribution in [0.3, 0.4) is 0 Å². The molecule has 0 aromatic carbocycles. The SMILES string of the molecule is NNC(=O)S. The number of hydrazine groups is 1. The zero-order valence-corrected chi connectivity index (χ0v) is 3.33. The summed E-state index contributed by atoms with van der Waals surface area (Å²) in [6.45, 7) is 0. The van der Waals surface area contributed by atoms with Gasteiger partial charge in [-0.3, -0.25) is 10.2 Å². The molecule has 1 amide bonds. The number of hydrogen-bond acceptors (Lipinski definition) is 2. The Morgan fingerprint density at radius 2 is 2.20 bits per heavy atom. The van der Waals surface area contributed by atoms with E-state index in [0.717, 1.165) is 0 Å². The number of carbonyl (C=O) groups excluding carboxylic acids is 1. The zero-order chi connectivity index (χ0) is 4.28. The van der Waals surface area contributed by atoms with Gasteiger partial charge in [0.05, 0.1) is 0 Å². The Balaban J connectivity index is 2.85. The van der Waals surface area contributed by atoms with Crippen molar-refractivity contribution in [2.45, 2.75) is 0 Å². The Bertz CT molecular complexity index is 44.9. The van der Waals surface area contributed by atoms with Crippen LogP contribution in [-0.2, 0) is 0 Å². The largest absolute Gasteiger partial charge is 0.289 e. The molecule has 0 rings (SSSR count). The maximum absolute atomic E-state index is 9.44. The number of hydrogen-bond donors (Lipinski definition) is 3. The van der Waals surface area contributed by atoms with Crippen molar-refractivity contribution in [3.05, 3.63) is 0 Å². The van der Waals surface area contributed by atoms with Gasteiger partial charge in [-0.05, 0) is 0 Å². The summed E-state index contributed by atoms with van der Waals surface area (Å²) >= 11 is 3.22. The molecule has 0 spiro atoms. The molecule has 0 aliphatic carbocycles. The molecule has 0 heterocycles. The van der Waals surface area contributed by atoms with E-state index in [-0.39, 0.29) is 0 Å². The minimum Gasteiger partial charge on any atom is -0.285 e. The van der Waals surface area contributed by atoms with Crippen LogP contribution in [0.4, 0.5) is 4.79 Å². The van der Waals surface area contributed by atoms with Crippen LogP contribution < -0.4 is 11.3 Å². The normalized spacial score (nSPS) is 6.80. The summed E-state index contributed by atoms with van der Waals surface area (Å²) in [5, 5.41) is -0.523. The number of rotatable bonds is 0. The first-order chi connectivity index (χ1) is 2.27. The van der Waals surface area contributed by atoms with Crippen LogP contribution in [0.1, 0.15) is 0 Å². The van der Waals surface area contributed by atoms with Gasteiger partial charge in [0.1, 0.15) is 0 Å². The van der Waals surface area contributed by atoms with Gasteiger partial charge < -0.3 is 0 Å². The Hall–Kier alpha value is -0.220. The van der Waals surface area contributed by atoms with E-state index in [1.165, 1.54) is 0 Å². The number of carbonyl (C=O) groups is 1. The van der Waals surface area contributed by atoms with Crippen molar-refractivity contribution in [2.75, 3.05) is 0 Å². The molecule has 0 saturated carbocycles. The van der Waals surface area contributed by atoms with Crippen molar-refractivity contribution in [3.63, 3.8) is 0 Å². The Kier molecular flexibility index (Phi) is 1.95. The lowest BCUT2D eigenvalue weighted by Crippen LogP contribution is -2.23. The summed E-state index contributed by atoms with van der Waals surface area (Å²) in [5.41, 5.74) is 1.75. The Labute approximate surface area is 34.9 Å². The highest BCUT2D eigenvalue weighted by atomic mass is 32.1. The van der Waals surface area contributed by atoms with Gasteiger partial charge in [0, 0.05) is 0 Å². The van der Waals surface area contributed by atoms with Crippen molar-refractivity contribution in [3.8, 4) is 0 Å². The number of amides is 1. The molecule has 0 aromatic rings.